The lowest BCUT2D eigenvalue weighted by Crippen LogP contribution is -2.44. The van der Waals surface area contributed by atoms with Crippen LogP contribution in [0.15, 0.2) is 53.1 Å². The van der Waals surface area contributed by atoms with E-state index in [0.717, 1.165) is 0 Å². The number of carbonyl (C=O) groups excluding carboxylic acids is 2. The Balaban J connectivity index is 2.14. The van der Waals surface area contributed by atoms with Crippen LogP contribution in [-0.2, 0) is 19.7 Å². The molecule has 4 rings (SSSR count). The zero-order valence-corrected chi connectivity index (χ0v) is 12.3. The number of hydrogen-bond donors (Lipinski definition) is 2. The van der Waals surface area contributed by atoms with Crippen LogP contribution in [0, 0.1) is 11.3 Å². The lowest BCUT2D eigenvalue weighted by molar-refractivity contribution is -0.121. The molecule has 1 aromatic rings. The normalized spacial score (nSPS) is 24.5. The third-order valence-electron chi connectivity index (χ3n) is 4.18. The number of benzene rings is 1. The van der Waals surface area contributed by atoms with Crippen molar-refractivity contribution >= 4 is 29.0 Å². The van der Waals surface area contributed by atoms with E-state index in [9.17, 15) is 14.9 Å². The maximum atomic E-state index is 12.9. The molecule has 0 saturated carbocycles. The van der Waals surface area contributed by atoms with Gasteiger partial charge in [0.2, 0.25) is 11.8 Å². The SMILES string of the molecule is N#CC1=C(N)OC2=C(C(=O)C=C2)C12C(=O)Nc1ccc(Cl)cc12. The third kappa shape index (κ3) is 1.47. The molecule has 6 nitrogen and oxygen atoms in total. The van der Waals surface area contributed by atoms with Gasteiger partial charge in [-0.25, -0.2) is 0 Å². The summed E-state index contributed by atoms with van der Waals surface area (Å²) in [5, 5.41) is 12.6. The summed E-state index contributed by atoms with van der Waals surface area (Å²) in [6.45, 7) is 0. The van der Waals surface area contributed by atoms with Crippen LogP contribution in [0.4, 0.5) is 5.69 Å². The Morgan fingerprint density at radius 1 is 1.30 bits per heavy atom. The van der Waals surface area contributed by atoms with Crippen molar-refractivity contribution < 1.29 is 14.3 Å². The zero-order chi connectivity index (χ0) is 16.4. The lowest BCUT2D eigenvalue weighted by atomic mass is 9.68. The number of anilines is 1. The van der Waals surface area contributed by atoms with Crippen molar-refractivity contribution in [1.82, 2.24) is 0 Å². The summed E-state index contributed by atoms with van der Waals surface area (Å²) in [6, 6.07) is 6.71. The molecule has 7 heteroatoms. The van der Waals surface area contributed by atoms with Crippen LogP contribution in [0.2, 0.25) is 5.02 Å². The summed E-state index contributed by atoms with van der Waals surface area (Å²) in [6.07, 6.45) is 2.73. The van der Waals surface area contributed by atoms with Crippen molar-refractivity contribution in [2.45, 2.75) is 5.41 Å². The molecule has 3 N–H and O–H groups in total. The van der Waals surface area contributed by atoms with E-state index in [1.807, 2.05) is 6.07 Å². The van der Waals surface area contributed by atoms with Gasteiger partial charge in [0.05, 0.1) is 5.57 Å². The van der Waals surface area contributed by atoms with E-state index in [-0.39, 0.29) is 22.8 Å². The number of nitrogens with two attached hydrogens (primary N) is 1. The fourth-order valence-electron chi connectivity index (χ4n) is 3.28. The maximum absolute atomic E-state index is 12.9. The van der Waals surface area contributed by atoms with E-state index in [1.165, 1.54) is 12.2 Å². The Morgan fingerprint density at radius 3 is 2.83 bits per heavy atom. The minimum atomic E-state index is -1.63. The molecule has 2 aliphatic heterocycles. The number of ketones is 1. The van der Waals surface area contributed by atoms with Gasteiger partial charge in [-0.1, -0.05) is 11.6 Å². The van der Waals surface area contributed by atoms with Crippen LogP contribution in [-0.4, -0.2) is 11.7 Å². The Kier molecular flexibility index (Phi) is 2.51. The van der Waals surface area contributed by atoms with E-state index >= 15 is 0 Å². The molecule has 1 atom stereocenters. The Morgan fingerprint density at radius 2 is 2.09 bits per heavy atom. The minimum Gasteiger partial charge on any atom is -0.440 e. The van der Waals surface area contributed by atoms with Gasteiger partial charge in [-0.05, 0) is 30.4 Å². The quantitative estimate of drug-likeness (QED) is 0.754. The molecule has 1 amide bonds. The highest BCUT2D eigenvalue weighted by Crippen LogP contribution is 2.53. The average Bonchev–Trinajstić information content (AvgIpc) is 3.00. The maximum Gasteiger partial charge on any atom is 0.245 e. The lowest BCUT2D eigenvalue weighted by Gasteiger charge is -2.32. The molecule has 1 spiro atoms. The van der Waals surface area contributed by atoms with Gasteiger partial charge in [-0.15, -0.1) is 0 Å². The van der Waals surface area contributed by atoms with Gasteiger partial charge in [0, 0.05) is 16.3 Å². The second-order valence-electron chi connectivity index (χ2n) is 5.28. The van der Waals surface area contributed by atoms with E-state index in [0.29, 0.717) is 16.3 Å². The van der Waals surface area contributed by atoms with Crippen molar-refractivity contribution in [3.63, 3.8) is 0 Å². The smallest absolute Gasteiger partial charge is 0.245 e. The van der Waals surface area contributed by atoms with E-state index in [2.05, 4.69) is 5.32 Å². The standard InChI is InChI=1S/C16H8ClN3O3/c17-7-1-2-10-8(5-7)16(15(22)20-10)9(6-18)14(19)23-12-4-3-11(21)13(12)16/h1-5H,19H2,(H,20,22). The molecule has 3 aliphatic rings. The summed E-state index contributed by atoms with van der Waals surface area (Å²) in [7, 11) is 0. The van der Waals surface area contributed by atoms with E-state index in [4.69, 9.17) is 22.1 Å². The van der Waals surface area contributed by atoms with Gasteiger partial charge in [-0.3, -0.25) is 9.59 Å². The Labute approximate surface area is 135 Å². The second kappa shape index (κ2) is 4.24. The predicted molar refractivity (Wildman–Crippen MR) is 80.8 cm³/mol. The topological polar surface area (TPSA) is 105 Å². The summed E-state index contributed by atoms with van der Waals surface area (Å²) in [5.74, 6) is -0.951. The van der Waals surface area contributed by atoms with Crippen molar-refractivity contribution in [3.8, 4) is 6.07 Å². The number of nitrogens with zero attached hydrogens (tertiary/aromatic N) is 1. The van der Waals surface area contributed by atoms with Gasteiger partial charge in [0.25, 0.3) is 0 Å². The summed E-state index contributed by atoms with van der Waals surface area (Å²) >= 11 is 6.06. The zero-order valence-electron chi connectivity index (χ0n) is 11.5. The first kappa shape index (κ1) is 13.6. The number of nitrogens with one attached hydrogen (secondary N) is 1. The Hall–Kier alpha value is -3.04. The Bertz CT molecular complexity index is 952. The van der Waals surface area contributed by atoms with Crippen LogP contribution in [0.5, 0.6) is 0 Å². The van der Waals surface area contributed by atoms with Crippen molar-refractivity contribution in [2.75, 3.05) is 5.32 Å². The van der Waals surface area contributed by atoms with Gasteiger partial charge in [0.1, 0.15) is 22.8 Å². The fraction of sp³-hybridized carbons (Fsp3) is 0.0625. The molecule has 1 aliphatic carbocycles. The van der Waals surface area contributed by atoms with Gasteiger partial charge in [-0.2, -0.15) is 5.26 Å². The summed E-state index contributed by atoms with van der Waals surface area (Å²) in [4.78, 5) is 25.2. The highest BCUT2D eigenvalue weighted by Gasteiger charge is 2.59. The number of halogens is 1. The summed E-state index contributed by atoms with van der Waals surface area (Å²) in [5.41, 5.74) is 5.08. The molecule has 2 heterocycles. The number of fused-ring (bicyclic) bond motifs is 3. The molecule has 23 heavy (non-hydrogen) atoms. The van der Waals surface area contributed by atoms with Gasteiger partial charge < -0.3 is 15.8 Å². The minimum absolute atomic E-state index is 0.0850. The molecular formula is C16H8ClN3O3. The van der Waals surface area contributed by atoms with E-state index < -0.39 is 17.1 Å². The van der Waals surface area contributed by atoms with Crippen LogP contribution >= 0.6 is 11.6 Å². The number of nitriles is 1. The van der Waals surface area contributed by atoms with Crippen LogP contribution in [0.1, 0.15) is 5.56 Å². The van der Waals surface area contributed by atoms with Gasteiger partial charge >= 0.3 is 0 Å². The number of allylic oxidation sites excluding steroid dienone is 2. The first-order valence-corrected chi connectivity index (χ1v) is 7.04. The fourth-order valence-corrected chi connectivity index (χ4v) is 3.45. The largest absolute Gasteiger partial charge is 0.440 e. The molecule has 0 saturated heterocycles. The van der Waals surface area contributed by atoms with Crippen molar-refractivity contribution in [2.24, 2.45) is 5.73 Å². The highest BCUT2D eigenvalue weighted by atomic mass is 35.5. The van der Waals surface area contributed by atoms with Crippen molar-refractivity contribution in [3.05, 3.63) is 63.7 Å². The van der Waals surface area contributed by atoms with Crippen LogP contribution < -0.4 is 11.1 Å². The van der Waals surface area contributed by atoms with Crippen LogP contribution in [0.25, 0.3) is 0 Å². The van der Waals surface area contributed by atoms with E-state index in [1.54, 1.807) is 18.2 Å². The predicted octanol–water partition coefficient (Wildman–Crippen LogP) is 1.65. The highest BCUT2D eigenvalue weighted by molar-refractivity contribution is 6.31. The number of hydrogen-bond acceptors (Lipinski definition) is 5. The second-order valence-corrected chi connectivity index (χ2v) is 5.72. The molecule has 0 radical (unpaired) electrons. The molecule has 1 aromatic carbocycles. The van der Waals surface area contributed by atoms with Gasteiger partial charge in [0.15, 0.2) is 5.78 Å². The number of rotatable bonds is 0. The molecule has 0 fully saturated rings. The van der Waals surface area contributed by atoms with Crippen molar-refractivity contribution in [1.29, 1.82) is 5.26 Å². The average molecular weight is 326 g/mol. The summed E-state index contributed by atoms with van der Waals surface area (Å²) < 4.78 is 5.36. The molecule has 112 valence electrons. The third-order valence-corrected chi connectivity index (χ3v) is 4.42. The molecule has 1 unspecified atom stereocenters. The van der Waals surface area contributed by atoms with Crippen LogP contribution in [0.3, 0.4) is 0 Å². The first-order chi connectivity index (χ1) is 11.0. The number of amides is 1. The first-order valence-electron chi connectivity index (χ1n) is 6.67. The molecule has 0 bridgehead atoms. The number of carbonyl (C=O) groups is 2. The monoisotopic (exact) mass is 325 g/mol. The molecular weight excluding hydrogens is 318 g/mol. The number of ether oxygens (including phenoxy) is 1. The molecule has 0 aromatic heterocycles.